The Morgan fingerprint density at radius 3 is 2.29 bits per heavy atom. The first kappa shape index (κ1) is 21.4. The van der Waals surface area contributed by atoms with Crippen LogP contribution in [0.5, 0.6) is 17.2 Å². The van der Waals surface area contributed by atoms with Gasteiger partial charge in [0.25, 0.3) is 0 Å². The number of nitrogens with one attached hydrogen (secondary N) is 2. The summed E-state index contributed by atoms with van der Waals surface area (Å²) in [7, 11) is 4.86. The van der Waals surface area contributed by atoms with Crippen molar-refractivity contribution in [2.45, 2.75) is 26.3 Å². The highest BCUT2D eigenvalue weighted by molar-refractivity contribution is 5.80. The Morgan fingerprint density at radius 2 is 1.68 bits per heavy atom. The van der Waals surface area contributed by atoms with Crippen molar-refractivity contribution in [3.63, 3.8) is 0 Å². The Morgan fingerprint density at radius 1 is 0.964 bits per heavy atom. The highest BCUT2D eigenvalue weighted by Crippen LogP contribution is 2.39. The lowest BCUT2D eigenvalue weighted by molar-refractivity contribution is 0.322. The molecule has 0 spiro atoms. The quantitative estimate of drug-likeness (QED) is 0.510. The summed E-state index contributed by atoms with van der Waals surface area (Å²) in [5.74, 6) is 2.73. The van der Waals surface area contributed by atoms with Gasteiger partial charge in [0, 0.05) is 18.7 Å². The van der Waals surface area contributed by atoms with E-state index in [9.17, 15) is 0 Å². The van der Waals surface area contributed by atoms with E-state index in [-0.39, 0.29) is 6.04 Å². The fourth-order valence-corrected chi connectivity index (χ4v) is 3.00. The summed E-state index contributed by atoms with van der Waals surface area (Å²) in [4.78, 5) is 4.71. The number of nitrogens with zero attached hydrogens (tertiary/aromatic N) is 1. The average molecular weight is 386 g/mol. The molecule has 0 heterocycles. The van der Waals surface area contributed by atoms with Gasteiger partial charge in [-0.05, 0) is 31.9 Å². The maximum absolute atomic E-state index is 5.55. The van der Waals surface area contributed by atoms with Crippen LogP contribution in [-0.4, -0.2) is 40.4 Å². The van der Waals surface area contributed by atoms with E-state index in [1.807, 2.05) is 30.3 Å². The lowest BCUT2D eigenvalue weighted by atomic mass is 10.1. The second-order valence-electron chi connectivity index (χ2n) is 6.28. The second kappa shape index (κ2) is 11.1. The molecule has 2 N–H and O–H groups in total. The van der Waals surface area contributed by atoms with E-state index >= 15 is 0 Å². The van der Waals surface area contributed by atoms with E-state index in [4.69, 9.17) is 19.2 Å². The number of aliphatic imine (C=N–C) groups is 1. The molecule has 2 rings (SSSR count). The number of guanidine groups is 1. The van der Waals surface area contributed by atoms with Crippen molar-refractivity contribution < 1.29 is 14.2 Å². The fourth-order valence-electron chi connectivity index (χ4n) is 3.00. The molecule has 152 valence electrons. The van der Waals surface area contributed by atoms with Gasteiger partial charge in [0.05, 0.1) is 27.4 Å². The zero-order chi connectivity index (χ0) is 20.4. The largest absolute Gasteiger partial charge is 0.493 e. The van der Waals surface area contributed by atoms with Crippen LogP contribution in [0.3, 0.4) is 0 Å². The second-order valence-corrected chi connectivity index (χ2v) is 6.28. The van der Waals surface area contributed by atoms with E-state index in [0.717, 1.165) is 24.5 Å². The van der Waals surface area contributed by atoms with Gasteiger partial charge in [0.2, 0.25) is 5.75 Å². The van der Waals surface area contributed by atoms with Crippen molar-refractivity contribution in [3.8, 4) is 17.2 Å². The van der Waals surface area contributed by atoms with E-state index < -0.39 is 0 Å². The smallest absolute Gasteiger partial charge is 0.203 e. The van der Waals surface area contributed by atoms with Crippen molar-refractivity contribution in [2.24, 2.45) is 4.99 Å². The molecule has 6 heteroatoms. The summed E-state index contributed by atoms with van der Waals surface area (Å²) in [6.07, 6.45) is 0.722. The topological polar surface area (TPSA) is 64.1 Å². The molecular weight excluding hydrogens is 354 g/mol. The van der Waals surface area contributed by atoms with Crippen molar-refractivity contribution in [2.75, 3.05) is 34.4 Å². The van der Waals surface area contributed by atoms with Crippen molar-refractivity contribution in [1.82, 2.24) is 10.6 Å². The Balaban J connectivity index is 2.09. The zero-order valence-electron chi connectivity index (χ0n) is 17.4. The van der Waals surface area contributed by atoms with Gasteiger partial charge >= 0.3 is 0 Å². The zero-order valence-corrected chi connectivity index (χ0v) is 17.4. The van der Waals surface area contributed by atoms with Crippen molar-refractivity contribution >= 4 is 5.96 Å². The molecule has 0 aliphatic heterocycles. The molecule has 0 saturated heterocycles. The highest BCUT2D eigenvalue weighted by Gasteiger charge is 2.15. The third kappa shape index (κ3) is 5.55. The van der Waals surface area contributed by atoms with Crippen LogP contribution in [0.2, 0.25) is 0 Å². The minimum atomic E-state index is 0.162. The first-order chi connectivity index (χ1) is 13.6. The number of rotatable bonds is 9. The number of benzene rings is 2. The lowest BCUT2D eigenvalue weighted by Crippen LogP contribution is -2.38. The average Bonchev–Trinajstić information content (AvgIpc) is 2.73. The summed E-state index contributed by atoms with van der Waals surface area (Å²) in [6.45, 7) is 5.59. The molecule has 0 bridgehead atoms. The SMILES string of the molecule is CCNC(=NCCc1ccc(OC)c(OC)c1OC)NC(C)c1ccccc1. The number of ether oxygens (including phenoxy) is 3. The summed E-state index contributed by atoms with van der Waals surface area (Å²) in [5, 5.41) is 6.75. The first-order valence-corrected chi connectivity index (χ1v) is 9.52. The normalized spacial score (nSPS) is 12.2. The molecule has 0 aliphatic carbocycles. The van der Waals surface area contributed by atoms with Crippen LogP contribution in [0.15, 0.2) is 47.5 Å². The molecule has 0 amide bonds. The minimum absolute atomic E-state index is 0.162. The number of methoxy groups -OCH3 is 3. The molecule has 6 nitrogen and oxygen atoms in total. The van der Waals surface area contributed by atoms with E-state index in [2.05, 4.69) is 36.6 Å². The van der Waals surface area contributed by atoms with Gasteiger partial charge in [-0.2, -0.15) is 0 Å². The van der Waals surface area contributed by atoms with Crippen LogP contribution in [0, 0.1) is 0 Å². The Bertz CT molecular complexity index is 763. The summed E-state index contributed by atoms with van der Waals surface area (Å²) >= 11 is 0. The van der Waals surface area contributed by atoms with Crippen LogP contribution in [0.1, 0.15) is 31.0 Å². The van der Waals surface area contributed by atoms with Gasteiger partial charge in [-0.1, -0.05) is 36.4 Å². The van der Waals surface area contributed by atoms with Gasteiger partial charge in [0.1, 0.15) is 0 Å². The van der Waals surface area contributed by atoms with E-state index in [1.165, 1.54) is 5.56 Å². The van der Waals surface area contributed by atoms with Crippen LogP contribution in [0.4, 0.5) is 0 Å². The maximum atomic E-state index is 5.55. The molecule has 1 atom stereocenters. The molecule has 0 saturated carbocycles. The van der Waals surface area contributed by atoms with Crippen molar-refractivity contribution in [3.05, 3.63) is 53.6 Å². The first-order valence-electron chi connectivity index (χ1n) is 9.52. The Kier molecular flexibility index (Phi) is 8.46. The Hall–Kier alpha value is -2.89. The van der Waals surface area contributed by atoms with Gasteiger partial charge in [-0.25, -0.2) is 0 Å². The molecule has 2 aromatic carbocycles. The fraction of sp³-hybridized carbons (Fsp3) is 0.409. The van der Waals surface area contributed by atoms with E-state index in [1.54, 1.807) is 21.3 Å². The maximum Gasteiger partial charge on any atom is 0.203 e. The van der Waals surface area contributed by atoms with Gasteiger partial charge in [0.15, 0.2) is 17.5 Å². The molecule has 1 unspecified atom stereocenters. The third-order valence-electron chi connectivity index (χ3n) is 4.43. The van der Waals surface area contributed by atoms with E-state index in [0.29, 0.717) is 23.8 Å². The highest BCUT2D eigenvalue weighted by atomic mass is 16.5. The molecular formula is C22H31N3O3. The minimum Gasteiger partial charge on any atom is -0.493 e. The molecule has 0 aliphatic rings. The lowest BCUT2D eigenvalue weighted by Gasteiger charge is -2.18. The Labute approximate surface area is 167 Å². The molecule has 2 aromatic rings. The summed E-state index contributed by atoms with van der Waals surface area (Å²) < 4.78 is 16.4. The molecule has 0 aromatic heterocycles. The van der Waals surface area contributed by atoms with Crippen LogP contribution in [-0.2, 0) is 6.42 Å². The molecule has 28 heavy (non-hydrogen) atoms. The van der Waals surface area contributed by atoms with Crippen LogP contribution < -0.4 is 24.8 Å². The summed E-state index contributed by atoms with van der Waals surface area (Å²) in [5.41, 5.74) is 2.24. The molecule has 0 radical (unpaired) electrons. The van der Waals surface area contributed by atoms with Crippen LogP contribution in [0.25, 0.3) is 0 Å². The monoisotopic (exact) mass is 385 g/mol. The summed E-state index contributed by atoms with van der Waals surface area (Å²) in [6, 6.07) is 14.4. The number of hydrogen-bond acceptors (Lipinski definition) is 4. The van der Waals surface area contributed by atoms with Crippen molar-refractivity contribution in [1.29, 1.82) is 0 Å². The number of hydrogen-bond donors (Lipinski definition) is 2. The molecule has 0 fully saturated rings. The van der Waals surface area contributed by atoms with Gasteiger partial charge < -0.3 is 24.8 Å². The predicted octanol–water partition coefficient (Wildman–Crippen LogP) is 3.57. The van der Waals surface area contributed by atoms with Gasteiger partial charge in [-0.3, -0.25) is 4.99 Å². The third-order valence-corrected chi connectivity index (χ3v) is 4.43. The van der Waals surface area contributed by atoms with Gasteiger partial charge in [-0.15, -0.1) is 0 Å². The van der Waals surface area contributed by atoms with Crippen LogP contribution >= 0.6 is 0 Å². The standard InChI is InChI=1S/C22H31N3O3/c1-6-23-22(25-16(2)17-10-8-7-9-11-17)24-15-14-18-12-13-19(26-3)21(28-5)20(18)27-4/h7-13,16H,6,14-15H2,1-5H3,(H2,23,24,25). The predicted molar refractivity (Wildman–Crippen MR) is 114 cm³/mol.